The Bertz CT molecular complexity index is 745. The van der Waals surface area contributed by atoms with E-state index in [4.69, 9.17) is 9.26 Å². The van der Waals surface area contributed by atoms with E-state index in [1.54, 1.807) is 29.5 Å². The number of aryl methyl sites for hydroxylation is 1. The first kappa shape index (κ1) is 14.5. The minimum atomic E-state index is -0.358. The number of rotatable bonds is 5. The number of thiophene rings is 1. The third kappa shape index (κ3) is 3.26. The number of esters is 1. The zero-order chi connectivity index (χ0) is 15.4. The van der Waals surface area contributed by atoms with Crippen molar-refractivity contribution in [1.82, 2.24) is 5.16 Å². The van der Waals surface area contributed by atoms with Crippen molar-refractivity contribution in [3.8, 4) is 10.6 Å². The summed E-state index contributed by atoms with van der Waals surface area (Å²) >= 11 is 1.57. The minimum Gasteiger partial charge on any atom is -0.455 e. The SMILES string of the molecule is CCc1ccc(C(=O)OCc2cc(-c3cccs3)on2)cc1. The molecule has 0 atom stereocenters. The van der Waals surface area contributed by atoms with Gasteiger partial charge in [0.25, 0.3) is 0 Å². The molecule has 1 aromatic carbocycles. The molecule has 0 spiro atoms. The Balaban J connectivity index is 1.61. The molecule has 0 saturated heterocycles. The predicted octanol–water partition coefficient (Wildman–Crippen LogP) is 4.32. The molecule has 4 nitrogen and oxygen atoms in total. The largest absolute Gasteiger partial charge is 0.455 e. The first-order valence-electron chi connectivity index (χ1n) is 7.02. The van der Waals surface area contributed by atoms with Crippen LogP contribution in [0, 0.1) is 0 Å². The van der Waals surface area contributed by atoms with Gasteiger partial charge in [0.1, 0.15) is 12.3 Å². The Morgan fingerprint density at radius 1 is 1.27 bits per heavy atom. The second kappa shape index (κ2) is 6.58. The van der Waals surface area contributed by atoms with Crippen LogP contribution in [0.4, 0.5) is 0 Å². The summed E-state index contributed by atoms with van der Waals surface area (Å²) in [4.78, 5) is 13.0. The topological polar surface area (TPSA) is 52.3 Å². The van der Waals surface area contributed by atoms with E-state index in [-0.39, 0.29) is 12.6 Å². The number of carbonyl (C=O) groups is 1. The molecule has 0 aliphatic rings. The van der Waals surface area contributed by atoms with Gasteiger partial charge < -0.3 is 9.26 Å². The molecular formula is C17H15NO3S. The molecule has 2 aromatic heterocycles. The second-order valence-corrected chi connectivity index (χ2v) is 5.73. The van der Waals surface area contributed by atoms with Crippen molar-refractivity contribution in [3.05, 3.63) is 64.7 Å². The molecule has 3 aromatic rings. The first-order valence-corrected chi connectivity index (χ1v) is 7.89. The van der Waals surface area contributed by atoms with Gasteiger partial charge in [-0.1, -0.05) is 30.3 Å². The van der Waals surface area contributed by atoms with Gasteiger partial charge >= 0.3 is 5.97 Å². The van der Waals surface area contributed by atoms with E-state index in [9.17, 15) is 4.79 Å². The second-order valence-electron chi connectivity index (χ2n) is 4.79. The maximum Gasteiger partial charge on any atom is 0.338 e. The molecule has 3 rings (SSSR count). The third-order valence-corrected chi connectivity index (χ3v) is 4.16. The molecule has 0 fully saturated rings. The van der Waals surface area contributed by atoms with Gasteiger partial charge in [-0.05, 0) is 35.6 Å². The van der Waals surface area contributed by atoms with Crippen LogP contribution in [0.3, 0.4) is 0 Å². The van der Waals surface area contributed by atoms with Crippen LogP contribution in [-0.4, -0.2) is 11.1 Å². The van der Waals surface area contributed by atoms with Crippen molar-refractivity contribution >= 4 is 17.3 Å². The van der Waals surface area contributed by atoms with Crippen LogP contribution < -0.4 is 0 Å². The summed E-state index contributed by atoms with van der Waals surface area (Å²) < 4.78 is 10.5. The first-order chi connectivity index (χ1) is 10.8. The minimum absolute atomic E-state index is 0.100. The highest BCUT2D eigenvalue weighted by Gasteiger charge is 2.11. The van der Waals surface area contributed by atoms with Crippen LogP contribution in [0.1, 0.15) is 28.5 Å². The van der Waals surface area contributed by atoms with Gasteiger partial charge in [0, 0.05) is 6.07 Å². The fraction of sp³-hybridized carbons (Fsp3) is 0.176. The number of nitrogens with zero attached hydrogens (tertiary/aromatic N) is 1. The summed E-state index contributed by atoms with van der Waals surface area (Å²) in [6, 6.07) is 13.1. The molecule has 0 aliphatic carbocycles. The lowest BCUT2D eigenvalue weighted by Crippen LogP contribution is -2.05. The average molecular weight is 313 g/mol. The van der Waals surface area contributed by atoms with E-state index in [1.165, 1.54) is 5.56 Å². The summed E-state index contributed by atoms with van der Waals surface area (Å²) in [6.07, 6.45) is 0.944. The highest BCUT2D eigenvalue weighted by atomic mass is 32.1. The number of ether oxygens (including phenoxy) is 1. The van der Waals surface area contributed by atoms with E-state index < -0.39 is 0 Å². The van der Waals surface area contributed by atoms with Crippen LogP contribution in [0.2, 0.25) is 0 Å². The molecule has 5 heteroatoms. The smallest absolute Gasteiger partial charge is 0.338 e. The molecule has 0 radical (unpaired) electrons. The molecular weight excluding hydrogens is 298 g/mol. The lowest BCUT2D eigenvalue weighted by molar-refractivity contribution is 0.0464. The van der Waals surface area contributed by atoms with Gasteiger partial charge in [-0.3, -0.25) is 0 Å². The van der Waals surface area contributed by atoms with Crippen molar-refractivity contribution in [2.45, 2.75) is 20.0 Å². The lowest BCUT2D eigenvalue weighted by Gasteiger charge is -2.03. The van der Waals surface area contributed by atoms with Gasteiger partial charge in [0.05, 0.1) is 10.4 Å². The number of hydrogen-bond donors (Lipinski definition) is 0. The number of aromatic nitrogens is 1. The predicted molar refractivity (Wildman–Crippen MR) is 84.8 cm³/mol. The van der Waals surface area contributed by atoms with E-state index in [0.29, 0.717) is 17.0 Å². The standard InChI is InChI=1S/C17H15NO3S/c1-2-12-5-7-13(8-6-12)17(19)20-11-14-10-15(21-18-14)16-4-3-9-22-16/h3-10H,2,11H2,1H3. The Kier molecular flexibility index (Phi) is 4.34. The van der Waals surface area contributed by atoms with Crippen molar-refractivity contribution in [3.63, 3.8) is 0 Å². The summed E-state index contributed by atoms with van der Waals surface area (Å²) in [5.41, 5.74) is 2.33. The summed E-state index contributed by atoms with van der Waals surface area (Å²) in [7, 11) is 0. The zero-order valence-corrected chi connectivity index (χ0v) is 12.9. The van der Waals surface area contributed by atoms with E-state index in [1.807, 2.05) is 29.6 Å². The monoisotopic (exact) mass is 313 g/mol. The highest BCUT2D eigenvalue weighted by molar-refractivity contribution is 7.13. The Morgan fingerprint density at radius 3 is 2.77 bits per heavy atom. The lowest BCUT2D eigenvalue weighted by atomic mass is 10.1. The number of benzene rings is 1. The van der Waals surface area contributed by atoms with E-state index >= 15 is 0 Å². The van der Waals surface area contributed by atoms with E-state index in [2.05, 4.69) is 12.1 Å². The molecule has 0 aliphatic heterocycles. The number of hydrogen-bond acceptors (Lipinski definition) is 5. The summed E-state index contributed by atoms with van der Waals surface area (Å²) in [6.45, 7) is 2.17. The van der Waals surface area contributed by atoms with Gasteiger partial charge in [0.2, 0.25) is 0 Å². The van der Waals surface area contributed by atoms with Crippen LogP contribution in [0.5, 0.6) is 0 Å². The maximum absolute atomic E-state index is 12.0. The van der Waals surface area contributed by atoms with Crippen LogP contribution in [-0.2, 0) is 17.8 Å². The highest BCUT2D eigenvalue weighted by Crippen LogP contribution is 2.25. The third-order valence-electron chi connectivity index (χ3n) is 3.27. The molecule has 0 unspecified atom stereocenters. The summed E-state index contributed by atoms with van der Waals surface area (Å²) in [5.74, 6) is 0.330. The summed E-state index contributed by atoms with van der Waals surface area (Å²) in [5, 5.41) is 5.89. The van der Waals surface area contributed by atoms with Gasteiger partial charge in [-0.25, -0.2) is 4.79 Å². The van der Waals surface area contributed by atoms with Crippen molar-refractivity contribution < 1.29 is 14.1 Å². The normalized spacial score (nSPS) is 10.6. The molecule has 0 saturated carbocycles. The molecule has 2 heterocycles. The Labute approximate surface area is 132 Å². The quantitative estimate of drug-likeness (QED) is 0.658. The molecule has 22 heavy (non-hydrogen) atoms. The Morgan fingerprint density at radius 2 is 2.09 bits per heavy atom. The van der Waals surface area contributed by atoms with Crippen LogP contribution >= 0.6 is 11.3 Å². The average Bonchev–Trinajstić information content (AvgIpc) is 3.23. The van der Waals surface area contributed by atoms with Crippen LogP contribution in [0.25, 0.3) is 10.6 Å². The molecule has 0 bridgehead atoms. The van der Waals surface area contributed by atoms with Gasteiger partial charge in [-0.2, -0.15) is 0 Å². The van der Waals surface area contributed by atoms with Gasteiger partial charge in [0.15, 0.2) is 5.76 Å². The Hall–Kier alpha value is -2.40. The fourth-order valence-electron chi connectivity index (χ4n) is 2.01. The van der Waals surface area contributed by atoms with Crippen molar-refractivity contribution in [2.24, 2.45) is 0 Å². The fourth-order valence-corrected chi connectivity index (χ4v) is 2.69. The zero-order valence-electron chi connectivity index (χ0n) is 12.1. The van der Waals surface area contributed by atoms with Crippen LogP contribution in [0.15, 0.2) is 52.4 Å². The molecule has 112 valence electrons. The number of carbonyl (C=O) groups excluding carboxylic acids is 1. The van der Waals surface area contributed by atoms with Crippen molar-refractivity contribution in [1.29, 1.82) is 0 Å². The molecule has 0 N–H and O–H groups in total. The van der Waals surface area contributed by atoms with Crippen molar-refractivity contribution in [2.75, 3.05) is 0 Å². The molecule has 0 amide bonds. The van der Waals surface area contributed by atoms with E-state index in [0.717, 1.165) is 11.3 Å². The van der Waals surface area contributed by atoms with Gasteiger partial charge in [-0.15, -0.1) is 11.3 Å². The maximum atomic E-state index is 12.0.